The van der Waals surface area contributed by atoms with E-state index in [0.717, 1.165) is 0 Å². The molecule has 2 nitrogen and oxygen atoms in total. The van der Waals surface area contributed by atoms with E-state index in [4.69, 9.17) is 11.6 Å². The molecule has 1 heterocycles. The number of carbonyl (C=O) groups is 1. The van der Waals surface area contributed by atoms with Crippen LogP contribution < -0.4 is 0 Å². The quantitative estimate of drug-likeness (QED) is 0.696. The maximum Gasteiger partial charge on any atom is 0.253 e. The van der Waals surface area contributed by atoms with Crippen molar-refractivity contribution in [1.29, 1.82) is 0 Å². The molecule has 0 radical (unpaired) electrons. The predicted octanol–water partition coefficient (Wildman–Crippen LogP) is 3.06. The maximum atomic E-state index is 13.2. The van der Waals surface area contributed by atoms with Gasteiger partial charge in [0.15, 0.2) is 0 Å². The summed E-state index contributed by atoms with van der Waals surface area (Å²) in [6.45, 7) is 1.65. The molecule has 1 aromatic heterocycles. The van der Waals surface area contributed by atoms with Gasteiger partial charge in [0.1, 0.15) is 5.82 Å². The molecule has 0 atom stereocenters. The van der Waals surface area contributed by atoms with Gasteiger partial charge in [0.2, 0.25) is 0 Å². The van der Waals surface area contributed by atoms with Crippen LogP contribution in [0.15, 0.2) is 24.4 Å². The van der Waals surface area contributed by atoms with Crippen LogP contribution in [0.5, 0.6) is 0 Å². The van der Waals surface area contributed by atoms with E-state index in [2.05, 4.69) is 4.98 Å². The Balaban J connectivity index is 2.75. The zero-order valence-electron chi connectivity index (χ0n) is 7.92. The zero-order valence-corrected chi connectivity index (χ0v) is 8.68. The van der Waals surface area contributed by atoms with E-state index in [-0.39, 0.29) is 5.82 Å². The van der Waals surface area contributed by atoms with Gasteiger partial charge in [-0.25, -0.2) is 4.39 Å². The molecule has 76 valence electrons. The smallest absolute Gasteiger partial charge is 0.253 e. The number of fused-ring (bicyclic) bond motifs is 1. The molecule has 1 aromatic carbocycles. The number of nitrogens with zero attached hydrogens (tertiary/aromatic N) is 1. The van der Waals surface area contributed by atoms with Crippen molar-refractivity contribution in [3.8, 4) is 0 Å². The molecule has 0 spiro atoms. The van der Waals surface area contributed by atoms with Gasteiger partial charge in [-0.1, -0.05) is 0 Å². The molecule has 0 N–H and O–H groups in total. The van der Waals surface area contributed by atoms with Crippen LogP contribution in [0.3, 0.4) is 0 Å². The van der Waals surface area contributed by atoms with Gasteiger partial charge in [0, 0.05) is 17.1 Å². The third-order valence-electron chi connectivity index (χ3n) is 2.27. The average Bonchev–Trinajstić information content (AvgIpc) is 2.23. The van der Waals surface area contributed by atoms with E-state index in [1.165, 1.54) is 12.3 Å². The first-order valence-electron chi connectivity index (χ1n) is 4.34. The van der Waals surface area contributed by atoms with E-state index < -0.39 is 5.24 Å². The van der Waals surface area contributed by atoms with Gasteiger partial charge in [-0.15, -0.1) is 0 Å². The van der Waals surface area contributed by atoms with Gasteiger partial charge < -0.3 is 0 Å². The highest BCUT2D eigenvalue weighted by molar-refractivity contribution is 6.67. The molecule has 0 aliphatic heterocycles. The molecule has 0 unspecified atom stereocenters. The minimum atomic E-state index is -0.564. The lowest BCUT2D eigenvalue weighted by molar-refractivity contribution is 0.108. The van der Waals surface area contributed by atoms with Gasteiger partial charge >= 0.3 is 0 Å². The lowest BCUT2D eigenvalue weighted by Gasteiger charge is -2.03. The summed E-state index contributed by atoms with van der Waals surface area (Å²) in [5.41, 5.74) is 1.34. The summed E-state index contributed by atoms with van der Waals surface area (Å²) in [7, 11) is 0. The number of aryl methyl sites for hydroxylation is 1. The second-order valence-corrected chi connectivity index (χ2v) is 3.59. The lowest BCUT2D eigenvalue weighted by Crippen LogP contribution is -1.93. The van der Waals surface area contributed by atoms with E-state index in [1.807, 2.05) is 0 Å². The van der Waals surface area contributed by atoms with Gasteiger partial charge in [-0.3, -0.25) is 9.78 Å². The zero-order chi connectivity index (χ0) is 11.0. The van der Waals surface area contributed by atoms with E-state index in [0.29, 0.717) is 22.0 Å². The minimum Gasteiger partial charge on any atom is -0.276 e. The van der Waals surface area contributed by atoms with Crippen LogP contribution in [0.25, 0.3) is 10.9 Å². The Hall–Kier alpha value is -1.48. The van der Waals surface area contributed by atoms with Gasteiger partial charge in [-0.2, -0.15) is 0 Å². The molecule has 0 fully saturated rings. The summed E-state index contributed by atoms with van der Waals surface area (Å²) in [4.78, 5) is 14.9. The van der Waals surface area contributed by atoms with Crippen LogP contribution in [-0.4, -0.2) is 10.2 Å². The summed E-state index contributed by atoms with van der Waals surface area (Å²) >= 11 is 5.32. The fourth-order valence-corrected chi connectivity index (χ4v) is 1.53. The molecule has 2 aromatic rings. The Labute approximate surface area is 90.7 Å². The van der Waals surface area contributed by atoms with Crippen LogP contribution in [0.4, 0.5) is 4.39 Å². The average molecular weight is 224 g/mol. The Morgan fingerprint density at radius 1 is 1.47 bits per heavy atom. The van der Waals surface area contributed by atoms with E-state index in [1.54, 1.807) is 19.1 Å². The predicted molar refractivity (Wildman–Crippen MR) is 56.6 cm³/mol. The molecule has 4 heteroatoms. The number of carbonyl (C=O) groups excluding carboxylic acids is 1. The maximum absolute atomic E-state index is 13.2. The first-order valence-corrected chi connectivity index (χ1v) is 4.72. The van der Waals surface area contributed by atoms with Crippen LogP contribution in [0.1, 0.15) is 15.9 Å². The molecule has 0 aliphatic carbocycles. The molecular weight excluding hydrogens is 217 g/mol. The van der Waals surface area contributed by atoms with Crippen molar-refractivity contribution >= 4 is 27.7 Å². The summed E-state index contributed by atoms with van der Waals surface area (Å²) in [5.74, 6) is -0.306. The Bertz CT molecular complexity index is 554. The standard InChI is InChI=1S/C11H7ClFNO/c1-6-9(13)3-2-7-4-8(11(12)15)5-14-10(6)7/h2-5H,1H3. The van der Waals surface area contributed by atoms with E-state index in [9.17, 15) is 9.18 Å². The summed E-state index contributed by atoms with van der Waals surface area (Å²) in [6.07, 6.45) is 1.35. The molecule has 0 saturated carbocycles. The Morgan fingerprint density at radius 3 is 2.87 bits per heavy atom. The van der Waals surface area contributed by atoms with Gasteiger partial charge in [-0.05, 0) is 36.7 Å². The normalized spacial score (nSPS) is 10.6. The summed E-state index contributed by atoms with van der Waals surface area (Å²) in [6, 6.07) is 4.53. The van der Waals surface area contributed by atoms with Crippen molar-refractivity contribution < 1.29 is 9.18 Å². The van der Waals surface area contributed by atoms with Crippen molar-refractivity contribution in [1.82, 2.24) is 4.98 Å². The number of hydrogen-bond donors (Lipinski definition) is 0. The number of rotatable bonds is 1. The molecule has 0 aliphatic rings. The number of halogens is 2. The van der Waals surface area contributed by atoms with E-state index >= 15 is 0 Å². The second kappa shape index (κ2) is 3.59. The van der Waals surface area contributed by atoms with Gasteiger partial charge in [0.25, 0.3) is 5.24 Å². The van der Waals surface area contributed by atoms with Crippen molar-refractivity contribution in [2.45, 2.75) is 6.92 Å². The van der Waals surface area contributed by atoms with Crippen molar-refractivity contribution in [2.24, 2.45) is 0 Å². The summed E-state index contributed by atoms with van der Waals surface area (Å²) in [5, 5.41) is 0.145. The monoisotopic (exact) mass is 223 g/mol. The first-order chi connectivity index (χ1) is 7.09. The molecular formula is C11H7ClFNO. The number of pyridine rings is 1. The molecule has 0 saturated heterocycles. The Morgan fingerprint density at radius 2 is 2.20 bits per heavy atom. The Kier molecular flexibility index (Phi) is 2.40. The van der Waals surface area contributed by atoms with Crippen molar-refractivity contribution in [2.75, 3.05) is 0 Å². The number of benzene rings is 1. The first kappa shape index (κ1) is 10.1. The second-order valence-electron chi connectivity index (χ2n) is 3.24. The van der Waals surface area contributed by atoms with Gasteiger partial charge in [0.05, 0.1) is 11.1 Å². The van der Waals surface area contributed by atoms with Crippen molar-refractivity contribution in [3.63, 3.8) is 0 Å². The highest BCUT2D eigenvalue weighted by atomic mass is 35.5. The topological polar surface area (TPSA) is 30.0 Å². The highest BCUT2D eigenvalue weighted by Crippen LogP contribution is 2.20. The number of aromatic nitrogens is 1. The SMILES string of the molecule is Cc1c(F)ccc2cc(C(=O)Cl)cnc12. The lowest BCUT2D eigenvalue weighted by atomic mass is 10.1. The molecule has 0 bridgehead atoms. The third kappa shape index (κ3) is 1.70. The minimum absolute atomic E-state index is 0.306. The van der Waals surface area contributed by atoms with Crippen LogP contribution >= 0.6 is 11.6 Å². The molecule has 2 rings (SSSR count). The van der Waals surface area contributed by atoms with Crippen molar-refractivity contribution in [3.05, 3.63) is 41.3 Å². The fraction of sp³-hybridized carbons (Fsp3) is 0.0909. The largest absolute Gasteiger partial charge is 0.276 e. The van der Waals surface area contributed by atoms with Crippen LogP contribution in [-0.2, 0) is 0 Å². The van der Waals surface area contributed by atoms with Crippen LogP contribution in [0, 0.1) is 12.7 Å². The highest BCUT2D eigenvalue weighted by Gasteiger charge is 2.07. The molecule has 15 heavy (non-hydrogen) atoms. The van der Waals surface area contributed by atoms with Crippen LogP contribution in [0.2, 0.25) is 0 Å². The fourth-order valence-electron chi connectivity index (χ4n) is 1.43. The number of hydrogen-bond acceptors (Lipinski definition) is 2. The third-order valence-corrected chi connectivity index (χ3v) is 2.49. The summed E-state index contributed by atoms with van der Waals surface area (Å²) < 4.78 is 13.2. The molecule has 0 amide bonds.